The Hall–Kier alpha value is -1.43. The van der Waals surface area contributed by atoms with E-state index in [-0.39, 0.29) is 0 Å². The molecule has 0 amide bonds. The van der Waals surface area contributed by atoms with E-state index >= 15 is 0 Å². The van der Waals surface area contributed by atoms with E-state index in [1.54, 1.807) is 11.1 Å². The normalized spacial score (nSPS) is 22.8. The van der Waals surface area contributed by atoms with E-state index in [0.29, 0.717) is 15.9 Å². The lowest BCUT2D eigenvalue weighted by molar-refractivity contribution is 0.0766. The Morgan fingerprint density at radius 2 is 1.89 bits per heavy atom. The van der Waals surface area contributed by atoms with Crippen molar-refractivity contribution in [1.82, 2.24) is 4.98 Å². The van der Waals surface area contributed by atoms with Gasteiger partial charge in [0, 0.05) is 11.8 Å². The van der Waals surface area contributed by atoms with Gasteiger partial charge in [0.15, 0.2) is 5.72 Å². The Labute approximate surface area is 121 Å². The van der Waals surface area contributed by atoms with Gasteiger partial charge in [0.1, 0.15) is 10.1 Å². The van der Waals surface area contributed by atoms with E-state index in [2.05, 4.69) is 4.98 Å². The second-order valence-electron chi connectivity index (χ2n) is 4.26. The Balaban J connectivity index is 2.08. The topological polar surface area (TPSA) is 36.4 Å². The molecule has 0 saturated carbocycles. The molecule has 1 aliphatic rings. The van der Waals surface area contributed by atoms with Gasteiger partial charge >= 0.3 is 0 Å². The molecular weight excluding hydrogens is 276 g/mol. The maximum Gasteiger partial charge on any atom is 0.180 e. The van der Waals surface area contributed by atoms with Gasteiger partial charge in [-0.2, -0.15) is 0 Å². The third kappa shape index (κ3) is 2.14. The molecule has 1 aliphatic heterocycles. The molecule has 3 nitrogen and oxygen atoms in total. The lowest BCUT2D eigenvalue weighted by Crippen LogP contribution is -2.45. The highest BCUT2D eigenvalue weighted by Gasteiger charge is 2.45. The van der Waals surface area contributed by atoms with Gasteiger partial charge in [0.05, 0.1) is 5.75 Å². The first kappa shape index (κ1) is 12.6. The van der Waals surface area contributed by atoms with Crippen LogP contribution in [0.4, 0.5) is 5.82 Å². The van der Waals surface area contributed by atoms with Crippen molar-refractivity contribution in [3.63, 3.8) is 0 Å². The lowest BCUT2D eigenvalue weighted by atomic mass is 10.0. The predicted molar refractivity (Wildman–Crippen MR) is 82.1 cm³/mol. The second kappa shape index (κ2) is 4.92. The fraction of sp³-hybridized carbons (Fsp3) is 0.143. The van der Waals surface area contributed by atoms with Crippen LogP contribution in [0.2, 0.25) is 0 Å². The van der Waals surface area contributed by atoms with Crippen molar-refractivity contribution in [3.05, 3.63) is 60.3 Å². The zero-order valence-electron chi connectivity index (χ0n) is 10.1. The van der Waals surface area contributed by atoms with Crippen LogP contribution in [-0.2, 0) is 5.72 Å². The van der Waals surface area contributed by atoms with E-state index in [4.69, 9.17) is 12.2 Å². The number of nitrogens with zero attached hydrogens (tertiary/aromatic N) is 2. The minimum atomic E-state index is -1.13. The molecule has 2 heterocycles. The highest BCUT2D eigenvalue weighted by atomic mass is 32.2. The highest BCUT2D eigenvalue weighted by Crippen LogP contribution is 2.41. The summed E-state index contributed by atoms with van der Waals surface area (Å²) in [4.78, 5) is 6.02. The van der Waals surface area contributed by atoms with Crippen LogP contribution < -0.4 is 4.90 Å². The summed E-state index contributed by atoms with van der Waals surface area (Å²) in [5.74, 6) is 1.18. The summed E-state index contributed by atoms with van der Waals surface area (Å²) in [6.45, 7) is 0. The van der Waals surface area contributed by atoms with E-state index in [0.717, 1.165) is 5.56 Å². The highest BCUT2D eigenvalue weighted by molar-refractivity contribution is 8.23. The summed E-state index contributed by atoms with van der Waals surface area (Å²) >= 11 is 6.83. The molecule has 1 atom stereocenters. The van der Waals surface area contributed by atoms with Crippen LogP contribution in [0.1, 0.15) is 5.56 Å². The molecule has 0 radical (unpaired) electrons. The van der Waals surface area contributed by atoms with Gasteiger partial charge in [-0.3, -0.25) is 4.90 Å². The van der Waals surface area contributed by atoms with E-state index in [9.17, 15) is 5.11 Å². The van der Waals surface area contributed by atoms with Crippen molar-refractivity contribution in [2.45, 2.75) is 5.72 Å². The summed E-state index contributed by atoms with van der Waals surface area (Å²) in [7, 11) is 0. The average Bonchev–Trinajstić information content (AvgIpc) is 2.78. The Bertz CT molecular complexity index is 591. The van der Waals surface area contributed by atoms with Gasteiger partial charge in [0.2, 0.25) is 0 Å². The minimum absolute atomic E-state index is 0.506. The molecule has 1 N–H and O–H groups in total. The number of pyridine rings is 1. The monoisotopic (exact) mass is 288 g/mol. The predicted octanol–water partition coefficient (Wildman–Crippen LogP) is 2.77. The number of benzene rings is 1. The maximum absolute atomic E-state index is 11.0. The van der Waals surface area contributed by atoms with Crippen molar-refractivity contribution in [1.29, 1.82) is 0 Å². The summed E-state index contributed by atoms with van der Waals surface area (Å²) < 4.78 is 0.644. The summed E-state index contributed by atoms with van der Waals surface area (Å²) in [5, 5.41) is 11.0. The number of aliphatic hydroxyl groups is 1. The number of hydrogen-bond donors (Lipinski definition) is 1. The molecule has 2 aromatic rings. The first-order valence-corrected chi connectivity index (χ1v) is 7.27. The van der Waals surface area contributed by atoms with Gasteiger partial charge in [-0.1, -0.05) is 60.4 Å². The molecule has 0 bridgehead atoms. The van der Waals surface area contributed by atoms with Crippen LogP contribution in [0, 0.1) is 0 Å². The van der Waals surface area contributed by atoms with Crippen LogP contribution in [0.15, 0.2) is 54.7 Å². The number of hydrogen-bond acceptors (Lipinski definition) is 4. The van der Waals surface area contributed by atoms with Crippen molar-refractivity contribution >= 4 is 34.1 Å². The summed E-state index contributed by atoms with van der Waals surface area (Å²) in [6, 6.07) is 15.2. The van der Waals surface area contributed by atoms with Crippen molar-refractivity contribution in [2.75, 3.05) is 10.7 Å². The van der Waals surface area contributed by atoms with Crippen molar-refractivity contribution < 1.29 is 5.11 Å². The third-order valence-electron chi connectivity index (χ3n) is 3.06. The lowest BCUT2D eigenvalue weighted by Gasteiger charge is -2.33. The second-order valence-corrected chi connectivity index (χ2v) is 5.87. The van der Waals surface area contributed by atoms with E-state index in [1.165, 1.54) is 11.8 Å². The molecule has 1 fully saturated rings. The molecule has 0 spiro atoms. The molecule has 5 heteroatoms. The molecule has 96 valence electrons. The number of anilines is 1. The van der Waals surface area contributed by atoms with Crippen LogP contribution in [0.3, 0.4) is 0 Å². The Kier molecular flexibility index (Phi) is 3.26. The van der Waals surface area contributed by atoms with E-state index < -0.39 is 5.72 Å². The molecule has 1 saturated heterocycles. The summed E-state index contributed by atoms with van der Waals surface area (Å²) in [6.07, 6.45) is 1.70. The Morgan fingerprint density at radius 1 is 1.16 bits per heavy atom. The summed E-state index contributed by atoms with van der Waals surface area (Å²) in [5.41, 5.74) is -0.301. The molecule has 1 unspecified atom stereocenters. The fourth-order valence-electron chi connectivity index (χ4n) is 2.13. The number of thioether (sulfide) groups is 1. The first-order valence-electron chi connectivity index (χ1n) is 5.88. The van der Waals surface area contributed by atoms with Gasteiger partial charge in [-0.05, 0) is 12.1 Å². The molecule has 1 aromatic carbocycles. The fourth-order valence-corrected chi connectivity index (χ4v) is 3.54. The van der Waals surface area contributed by atoms with Gasteiger partial charge < -0.3 is 5.11 Å². The maximum atomic E-state index is 11.0. The SMILES string of the molecule is OC1(c2ccccc2)CSC(=S)N1c1ccccn1. The number of thiocarbonyl (C=S) groups is 1. The smallest absolute Gasteiger partial charge is 0.180 e. The van der Waals surface area contributed by atoms with Gasteiger partial charge in [0.25, 0.3) is 0 Å². The quantitative estimate of drug-likeness (QED) is 0.860. The average molecular weight is 288 g/mol. The minimum Gasteiger partial charge on any atom is -0.366 e. The standard InChI is InChI=1S/C14H12N2OS2/c17-14(11-6-2-1-3-7-11)10-19-13(18)16(14)12-8-4-5-9-15-12/h1-9,17H,10H2. The zero-order valence-corrected chi connectivity index (χ0v) is 11.7. The molecule has 1 aromatic heterocycles. The number of aromatic nitrogens is 1. The zero-order chi connectivity index (χ0) is 13.3. The largest absolute Gasteiger partial charge is 0.366 e. The molecule has 0 aliphatic carbocycles. The van der Waals surface area contributed by atoms with Crippen LogP contribution in [-0.4, -0.2) is 20.2 Å². The number of rotatable bonds is 2. The van der Waals surface area contributed by atoms with Crippen LogP contribution >= 0.6 is 24.0 Å². The van der Waals surface area contributed by atoms with E-state index in [1.807, 2.05) is 48.5 Å². The van der Waals surface area contributed by atoms with Crippen molar-refractivity contribution in [3.8, 4) is 0 Å². The van der Waals surface area contributed by atoms with Crippen LogP contribution in [0.5, 0.6) is 0 Å². The first-order chi connectivity index (χ1) is 9.22. The molecular formula is C14H12N2OS2. The van der Waals surface area contributed by atoms with Gasteiger partial charge in [-0.15, -0.1) is 0 Å². The van der Waals surface area contributed by atoms with Crippen LogP contribution in [0.25, 0.3) is 0 Å². The van der Waals surface area contributed by atoms with Gasteiger partial charge in [-0.25, -0.2) is 4.98 Å². The Morgan fingerprint density at radius 3 is 2.58 bits per heavy atom. The molecule has 19 heavy (non-hydrogen) atoms. The third-order valence-corrected chi connectivity index (χ3v) is 4.58. The van der Waals surface area contributed by atoms with Crippen molar-refractivity contribution in [2.24, 2.45) is 0 Å². The molecule has 3 rings (SSSR count).